The van der Waals surface area contributed by atoms with Crippen molar-refractivity contribution in [3.8, 4) is 11.1 Å². The van der Waals surface area contributed by atoms with Crippen molar-refractivity contribution < 1.29 is 0 Å². The van der Waals surface area contributed by atoms with E-state index in [2.05, 4.69) is 92.8 Å². The van der Waals surface area contributed by atoms with E-state index < -0.39 is 8.07 Å². The molecule has 2 aliphatic rings. The number of fused-ring (bicyclic) bond motifs is 4. The molecule has 26 heavy (non-hydrogen) atoms. The van der Waals surface area contributed by atoms with Crippen molar-refractivity contribution in [3.63, 3.8) is 0 Å². The van der Waals surface area contributed by atoms with Crippen LogP contribution in [0.5, 0.6) is 0 Å². The van der Waals surface area contributed by atoms with Crippen molar-refractivity contribution in [3.05, 3.63) is 101 Å². The lowest BCUT2D eigenvalue weighted by molar-refractivity contribution is 1.13. The Hall–Kier alpha value is -2.38. The van der Waals surface area contributed by atoms with Gasteiger partial charge in [-0.25, -0.2) is 0 Å². The number of hydrogen-bond donors (Lipinski definition) is 0. The van der Waals surface area contributed by atoms with Gasteiger partial charge in [-0.1, -0.05) is 96.7 Å². The van der Waals surface area contributed by atoms with Crippen LogP contribution in [0.4, 0.5) is 0 Å². The fraction of sp³-hybridized carbons (Fsp3) is 0.200. The smallest absolute Gasteiger partial charge is 0.0690 e. The number of allylic oxidation sites excluding steroid dienone is 1. The molecule has 0 N–H and O–H groups in total. The molecule has 0 atom stereocenters. The molecule has 0 fully saturated rings. The van der Waals surface area contributed by atoms with E-state index in [0.717, 1.165) is 6.42 Å². The summed E-state index contributed by atoms with van der Waals surface area (Å²) in [5, 5.41) is 1.68. The Labute approximate surface area is 157 Å². The minimum Gasteiger partial charge on any atom is -0.0690 e. The highest BCUT2D eigenvalue weighted by atomic mass is 28.3. The summed E-state index contributed by atoms with van der Waals surface area (Å²) in [7, 11) is -1.77. The van der Waals surface area contributed by atoms with Gasteiger partial charge >= 0.3 is 0 Å². The minimum atomic E-state index is -1.77. The fourth-order valence-electron chi connectivity index (χ4n) is 5.50. The Morgan fingerprint density at radius 2 is 1.19 bits per heavy atom. The SMILES string of the molecule is CC1=C([Si](C)(C)C2c3ccccc3-c3ccccc32)c2ccccc2C1. The number of benzene rings is 3. The van der Waals surface area contributed by atoms with Crippen LogP contribution in [-0.4, -0.2) is 8.07 Å². The summed E-state index contributed by atoms with van der Waals surface area (Å²) in [6.45, 7) is 7.52. The van der Waals surface area contributed by atoms with Gasteiger partial charge < -0.3 is 0 Å². The third-order valence-electron chi connectivity index (χ3n) is 6.37. The predicted molar refractivity (Wildman–Crippen MR) is 114 cm³/mol. The van der Waals surface area contributed by atoms with Gasteiger partial charge in [0, 0.05) is 5.54 Å². The molecule has 128 valence electrons. The second-order valence-corrected chi connectivity index (χ2v) is 12.8. The largest absolute Gasteiger partial charge is 0.0935 e. The molecule has 0 amide bonds. The first kappa shape index (κ1) is 15.8. The van der Waals surface area contributed by atoms with Gasteiger partial charge in [0.2, 0.25) is 0 Å². The van der Waals surface area contributed by atoms with E-state index in [0.29, 0.717) is 5.54 Å². The average molecular weight is 353 g/mol. The van der Waals surface area contributed by atoms with Crippen molar-refractivity contribution in [1.29, 1.82) is 0 Å². The molecular weight excluding hydrogens is 328 g/mol. The number of rotatable bonds is 2. The van der Waals surface area contributed by atoms with Crippen LogP contribution in [0, 0.1) is 0 Å². The molecule has 5 rings (SSSR count). The van der Waals surface area contributed by atoms with Gasteiger partial charge in [0.15, 0.2) is 0 Å². The second-order valence-electron chi connectivity index (χ2n) is 8.32. The highest BCUT2D eigenvalue weighted by molar-refractivity contribution is 6.96. The van der Waals surface area contributed by atoms with Crippen LogP contribution in [0.3, 0.4) is 0 Å². The molecule has 0 aromatic heterocycles. The molecule has 3 aromatic carbocycles. The molecule has 0 heterocycles. The standard InChI is InChI=1S/C25H24Si/c1-17-16-18-10-4-5-11-19(18)24(17)26(2,3)25-22-14-8-6-12-20(22)21-13-7-9-15-23(21)25/h4-15,25H,16H2,1-3H3. The van der Waals surface area contributed by atoms with Crippen molar-refractivity contribution in [2.24, 2.45) is 0 Å². The normalized spacial score (nSPS) is 15.8. The van der Waals surface area contributed by atoms with Crippen LogP contribution in [0.2, 0.25) is 13.1 Å². The van der Waals surface area contributed by atoms with Crippen molar-refractivity contribution in [2.75, 3.05) is 0 Å². The summed E-state index contributed by atoms with van der Waals surface area (Å²) in [5.41, 5.74) is 11.1. The van der Waals surface area contributed by atoms with E-state index in [1.54, 1.807) is 10.8 Å². The molecule has 0 radical (unpaired) electrons. The van der Waals surface area contributed by atoms with E-state index >= 15 is 0 Å². The van der Waals surface area contributed by atoms with Gasteiger partial charge in [-0.2, -0.15) is 0 Å². The zero-order valence-electron chi connectivity index (χ0n) is 15.7. The van der Waals surface area contributed by atoms with Gasteiger partial charge in [-0.3, -0.25) is 0 Å². The second kappa shape index (κ2) is 5.56. The molecule has 0 unspecified atom stereocenters. The summed E-state index contributed by atoms with van der Waals surface area (Å²) in [5.74, 6) is 0. The monoisotopic (exact) mass is 352 g/mol. The highest BCUT2D eigenvalue weighted by Gasteiger charge is 2.45. The maximum Gasteiger partial charge on any atom is 0.0935 e. The lowest BCUT2D eigenvalue weighted by atomic mass is 10.1. The van der Waals surface area contributed by atoms with Crippen molar-refractivity contribution in [1.82, 2.24) is 0 Å². The van der Waals surface area contributed by atoms with Crippen molar-refractivity contribution in [2.45, 2.75) is 32.0 Å². The van der Waals surface area contributed by atoms with Gasteiger partial charge in [0.25, 0.3) is 0 Å². The summed E-state index contributed by atoms with van der Waals surface area (Å²) in [4.78, 5) is 0. The van der Waals surface area contributed by atoms with E-state index in [1.165, 1.54) is 33.4 Å². The first-order valence-corrected chi connectivity index (χ1v) is 12.6. The first-order valence-electron chi connectivity index (χ1n) is 9.56. The highest BCUT2D eigenvalue weighted by Crippen LogP contribution is 2.53. The maximum absolute atomic E-state index is 2.58. The zero-order valence-corrected chi connectivity index (χ0v) is 16.7. The molecule has 2 aliphatic carbocycles. The quantitative estimate of drug-likeness (QED) is 0.455. The predicted octanol–water partition coefficient (Wildman–Crippen LogP) is 6.62. The Morgan fingerprint density at radius 1 is 0.692 bits per heavy atom. The van der Waals surface area contributed by atoms with Crippen molar-refractivity contribution >= 4 is 13.3 Å². The molecule has 0 spiro atoms. The molecule has 1 heteroatoms. The molecule has 0 aliphatic heterocycles. The van der Waals surface area contributed by atoms with Crippen LogP contribution in [0.1, 0.15) is 34.7 Å². The molecule has 0 nitrogen and oxygen atoms in total. The first-order chi connectivity index (χ1) is 12.6. The molecule has 0 saturated carbocycles. The van der Waals surface area contributed by atoms with E-state index in [1.807, 2.05) is 0 Å². The lowest BCUT2D eigenvalue weighted by Gasteiger charge is -2.34. The molecule has 0 saturated heterocycles. The van der Waals surface area contributed by atoms with Gasteiger partial charge in [-0.15, -0.1) is 0 Å². The van der Waals surface area contributed by atoms with E-state index in [-0.39, 0.29) is 0 Å². The van der Waals surface area contributed by atoms with Crippen LogP contribution < -0.4 is 0 Å². The Bertz CT molecular complexity index is 1010. The summed E-state index contributed by atoms with van der Waals surface area (Å²) in [6.07, 6.45) is 1.12. The van der Waals surface area contributed by atoms with Crippen LogP contribution >= 0.6 is 0 Å². The van der Waals surface area contributed by atoms with Gasteiger partial charge in [0.05, 0.1) is 8.07 Å². The minimum absolute atomic E-state index is 0.533. The summed E-state index contributed by atoms with van der Waals surface area (Å²) in [6, 6.07) is 27.2. The van der Waals surface area contributed by atoms with Crippen LogP contribution in [0.25, 0.3) is 16.3 Å². The summed E-state index contributed by atoms with van der Waals surface area (Å²) >= 11 is 0. The average Bonchev–Trinajstić information content (AvgIpc) is 3.16. The molecular formula is C25H24Si. The third kappa shape index (κ3) is 2.07. The van der Waals surface area contributed by atoms with E-state index in [4.69, 9.17) is 0 Å². The van der Waals surface area contributed by atoms with Crippen LogP contribution in [-0.2, 0) is 6.42 Å². The molecule has 0 bridgehead atoms. The van der Waals surface area contributed by atoms with Crippen LogP contribution in [0.15, 0.2) is 78.4 Å². The molecule has 3 aromatic rings. The zero-order chi connectivity index (χ0) is 17.9. The number of hydrogen-bond acceptors (Lipinski definition) is 0. The Balaban J connectivity index is 1.74. The Kier molecular flexibility index (Phi) is 3.38. The Morgan fingerprint density at radius 3 is 1.81 bits per heavy atom. The maximum atomic E-state index is 2.58. The summed E-state index contributed by atoms with van der Waals surface area (Å²) < 4.78 is 0. The topological polar surface area (TPSA) is 0 Å². The van der Waals surface area contributed by atoms with Gasteiger partial charge in [-0.05, 0) is 46.7 Å². The fourth-order valence-corrected chi connectivity index (χ4v) is 9.97. The van der Waals surface area contributed by atoms with E-state index in [9.17, 15) is 0 Å². The van der Waals surface area contributed by atoms with Gasteiger partial charge in [0.1, 0.15) is 0 Å². The third-order valence-corrected chi connectivity index (χ3v) is 10.4. The lowest BCUT2D eigenvalue weighted by Crippen LogP contribution is -2.37.